The Kier molecular flexibility index (Phi) is 63.7. The van der Waals surface area contributed by atoms with E-state index >= 15 is 0 Å². The number of rotatable bonds is 72. The van der Waals surface area contributed by atoms with E-state index in [9.17, 15) is 43.2 Å². The zero-order chi connectivity index (χ0) is 67.9. The second kappa shape index (κ2) is 65.0. The third kappa shape index (κ3) is 66.7. The second-order valence-corrected chi connectivity index (χ2v) is 30.2. The fraction of sp³-hybridized carbons (Fsp3) is 0.945. The molecule has 3 N–H and O–H groups in total. The molecular weight excluding hydrogens is 1210 g/mol. The first kappa shape index (κ1) is 90.1. The maximum absolute atomic E-state index is 13.1. The number of aliphatic hydroxyl groups excluding tert-OH is 1. The van der Waals surface area contributed by atoms with E-state index in [0.29, 0.717) is 31.6 Å². The Bertz CT molecular complexity index is 1790. The normalized spacial score (nSPS) is 14.1. The van der Waals surface area contributed by atoms with Crippen LogP contribution < -0.4 is 0 Å². The van der Waals surface area contributed by atoms with Crippen molar-refractivity contribution in [2.75, 3.05) is 39.6 Å². The highest BCUT2D eigenvalue weighted by atomic mass is 31.2. The maximum Gasteiger partial charge on any atom is 0.472 e. The molecule has 0 rings (SSSR count). The molecule has 2 unspecified atom stereocenters. The molecule has 0 amide bonds. The monoisotopic (exact) mass is 1350 g/mol. The minimum Gasteiger partial charge on any atom is -0.462 e. The summed E-state index contributed by atoms with van der Waals surface area (Å²) < 4.78 is 68.1. The van der Waals surface area contributed by atoms with Gasteiger partial charge in [-0.25, -0.2) is 9.13 Å². The summed E-state index contributed by atoms with van der Waals surface area (Å²) in [6, 6.07) is 0. The van der Waals surface area contributed by atoms with E-state index in [1.807, 2.05) is 0 Å². The van der Waals surface area contributed by atoms with Gasteiger partial charge in [0.15, 0.2) is 12.2 Å². The van der Waals surface area contributed by atoms with Crippen LogP contribution in [0.15, 0.2) is 0 Å². The van der Waals surface area contributed by atoms with Crippen molar-refractivity contribution >= 4 is 39.5 Å². The number of phosphoric acid groups is 2. The Hall–Kier alpha value is -1.94. The Morgan fingerprint density at radius 2 is 0.500 bits per heavy atom. The topological polar surface area (TPSA) is 237 Å². The number of esters is 4. The van der Waals surface area contributed by atoms with Crippen LogP contribution in [0.2, 0.25) is 0 Å². The quantitative estimate of drug-likeness (QED) is 0.0222. The molecule has 17 nitrogen and oxygen atoms in total. The highest BCUT2D eigenvalue weighted by molar-refractivity contribution is 7.47. The van der Waals surface area contributed by atoms with Crippen molar-refractivity contribution in [2.24, 2.45) is 11.8 Å². The van der Waals surface area contributed by atoms with Gasteiger partial charge in [-0.15, -0.1) is 0 Å². The fourth-order valence-electron chi connectivity index (χ4n) is 11.1. The van der Waals surface area contributed by atoms with E-state index in [-0.39, 0.29) is 25.7 Å². The van der Waals surface area contributed by atoms with Crippen LogP contribution in [0.5, 0.6) is 0 Å². The number of hydrogen-bond donors (Lipinski definition) is 3. The van der Waals surface area contributed by atoms with Gasteiger partial charge in [0.1, 0.15) is 19.3 Å². The molecule has 0 aliphatic carbocycles. The molecule has 5 atom stereocenters. The molecule has 0 aromatic rings. The van der Waals surface area contributed by atoms with Crippen molar-refractivity contribution in [3.8, 4) is 0 Å². The molecule has 0 aliphatic heterocycles. The third-order valence-corrected chi connectivity index (χ3v) is 18.9. The molecule has 0 saturated carbocycles. The average molecular weight is 1350 g/mol. The van der Waals surface area contributed by atoms with Crippen molar-refractivity contribution in [1.82, 2.24) is 0 Å². The predicted molar refractivity (Wildman–Crippen MR) is 372 cm³/mol. The highest BCUT2D eigenvalue weighted by Gasteiger charge is 2.30. The number of hydrogen-bond acceptors (Lipinski definition) is 15. The first-order chi connectivity index (χ1) is 44.4. The van der Waals surface area contributed by atoms with Gasteiger partial charge in [-0.05, 0) is 37.5 Å². The van der Waals surface area contributed by atoms with Gasteiger partial charge >= 0.3 is 39.5 Å². The largest absolute Gasteiger partial charge is 0.472 e. The Balaban J connectivity index is 5.09. The average Bonchev–Trinajstić information content (AvgIpc) is 2.56. The summed E-state index contributed by atoms with van der Waals surface area (Å²) in [7, 11) is -9.89. The Morgan fingerprint density at radius 1 is 0.293 bits per heavy atom. The van der Waals surface area contributed by atoms with Crippen molar-refractivity contribution in [2.45, 2.75) is 394 Å². The van der Waals surface area contributed by atoms with Crippen LogP contribution in [-0.2, 0) is 65.4 Å². The minimum atomic E-state index is -4.95. The molecule has 0 aromatic heterocycles. The summed E-state index contributed by atoms with van der Waals surface area (Å²) in [5.74, 6) is -0.677. The Labute approximate surface area is 562 Å². The lowest BCUT2D eigenvalue weighted by molar-refractivity contribution is -0.161. The van der Waals surface area contributed by atoms with Gasteiger partial charge in [0, 0.05) is 25.7 Å². The molecule has 0 heterocycles. The van der Waals surface area contributed by atoms with Crippen molar-refractivity contribution < 1.29 is 80.2 Å². The fourth-order valence-corrected chi connectivity index (χ4v) is 12.7. The SMILES string of the molecule is CCCCCCCCCCCCCCCCCCCCCCCCC(=O)O[C@H](COC(=O)CCCCCCCCCCCCCCCC(C)C)COP(=O)(O)OC[C@@H](O)COP(=O)(O)OC[C@@H](COC(=O)CCCCCCC)OC(=O)CCCCCCCCC(C)C. The number of carbonyl (C=O) groups is 4. The van der Waals surface area contributed by atoms with Crippen molar-refractivity contribution in [3.05, 3.63) is 0 Å². The molecule has 0 saturated heterocycles. The Morgan fingerprint density at radius 3 is 0.739 bits per heavy atom. The zero-order valence-electron chi connectivity index (χ0n) is 59.9. The number of carbonyl (C=O) groups excluding carboxylic acids is 4. The summed E-state index contributed by atoms with van der Waals surface area (Å²) in [5, 5.41) is 10.6. The van der Waals surface area contributed by atoms with E-state index in [1.165, 1.54) is 186 Å². The van der Waals surface area contributed by atoms with Crippen LogP contribution in [-0.4, -0.2) is 96.7 Å². The summed E-state index contributed by atoms with van der Waals surface area (Å²) >= 11 is 0. The molecule has 0 spiro atoms. The first-order valence-corrected chi connectivity index (χ1v) is 41.0. The molecule has 546 valence electrons. The second-order valence-electron chi connectivity index (χ2n) is 27.3. The van der Waals surface area contributed by atoms with Gasteiger partial charge in [0.2, 0.25) is 0 Å². The third-order valence-electron chi connectivity index (χ3n) is 17.0. The summed E-state index contributed by atoms with van der Waals surface area (Å²) in [4.78, 5) is 72.3. The van der Waals surface area contributed by atoms with E-state index in [2.05, 4.69) is 41.5 Å². The molecular formula is C73H142O17P2. The summed E-state index contributed by atoms with van der Waals surface area (Å²) in [6.45, 7) is 9.39. The van der Waals surface area contributed by atoms with Crippen LogP contribution in [0.1, 0.15) is 375 Å². The van der Waals surface area contributed by atoms with Gasteiger partial charge in [0.05, 0.1) is 26.4 Å². The van der Waals surface area contributed by atoms with E-state index in [0.717, 1.165) is 102 Å². The van der Waals surface area contributed by atoms with Gasteiger partial charge in [0.25, 0.3) is 0 Å². The van der Waals surface area contributed by atoms with Crippen LogP contribution in [0, 0.1) is 11.8 Å². The predicted octanol–water partition coefficient (Wildman–Crippen LogP) is 21.2. The van der Waals surface area contributed by atoms with Gasteiger partial charge in [-0.2, -0.15) is 0 Å². The smallest absolute Gasteiger partial charge is 0.462 e. The summed E-state index contributed by atoms with van der Waals surface area (Å²) in [6.07, 6.45) is 52.2. The highest BCUT2D eigenvalue weighted by Crippen LogP contribution is 2.45. The van der Waals surface area contributed by atoms with Crippen LogP contribution >= 0.6 is 15.6 Å². The molecule has 0 bridgehead atoms. The van der Waals surface area contributed by atoms with Crippen LogP contribution in [0.25, 0.3) is 0 Å². The van der Waals surface area contributed by atoms with Gasteiger partial charge < -0.3 is 33.8 Å². The van der Waals surface area contributed by atoms with E-state index in [4.69, 9.17) is 37.0 Å². The maximum atomic E-state index is 13.1. The minimum absolute atomic E-state index is 0.101. The summed E-state index contributed by atoms with van der Waals surface area (Å²) in [5.41, 5.74) is 0. The molecule has 92 heavy (non-hydrogen) atoms. The number of aliphatic hydroxyl groups is 1. The van der Waals surface area contributed by atoms with Crippen LogP contribution in [0.4, 0.5) is 0 Å². The van der Waals surface area contributed by atoms with E-state index < -0.39 is 97.5 Å². The lowest BCUT2D eigenvalue weighted by Crippen LogP contribution is -2.30. The van der Waals surface area contributed by atoms with Crippen molar-refractivity contribution in [1.29, 1.82) is 0 Å². The molecule has 0 radical (unpaired) electrons. The molecule has 19 heteroatoms. The van der Waals surface area contributed by atoms with Gasteiger partial charge in [-0.1, -0.05) is 324 Å². The lowest BCUT2D eigenvalue weighted by atomic mass is 10.0. The first-order valence-electron chi connectivity index (χ1n) is 38.0. The lowest BCUT2D eigenvalue weighted by Gasteiger charge is -2.21. The van der Waals surface area contributed by atoms with Crippen LogP contribution in [0.3, 0.4) is 0 Å². The number of ether oxygens (including phenoxy) is 4. The zero-order valence-corrected chi connectivity index (χ0v) is 61.6. The standard InChI is InChI=1S/C73H142O17P2/c1-7-9-11-13-14-15-16-17-18-19-20-21-22-23-24-25-28-32-35-38-45-51-57-72(77)89-69(62-84-71(76)56-50-44-37-34-31-29-26-27-30-33-36-42-47-53-65(3)4)64-88-92(81,82)86-60-67(74)59-85-91(79,80)87-63-68(61-83-70(75)55-49-41-12-10-8-2)90-73(78)58-52-46-40-39-43-48-54-66(5)6/h65-69,74H,7-64H2,1-6H3,(H,79,80)(H,81,82)/t67-,68+,69+/m0/s1. The van der Waals surface area contributed by atoms with Crippen molar-refractivity contribution in [3.63, 3.8) is 0 Å². The number of unbranched alkanes of at least 4 members (excludes halogenated alkanes) is 42. The number of phosphoric ester groups is 2. The molecule has 0 fully saturated rings. The molecule has 0 aromatic carbocycles. The van der Waals surface area contributed by atoms with Gasteiger partial charge in [-0.3, -0.25) is 37.3 Å². The van der Waals surface area contributed by atoms with E-state index in [1.54, 1.807) is 0 Å². The molecule has 0 aliphatic rings.